The molecule has 5 nitrogen and oxygen atoms in total. The lowest BCUT2D eigenvalue weighted by atomic mass is 10.0. The van der Waals surface area contributed by atoms with Crippen LogP contribution in [0.4, 0.5) is 5.82 Å². The Morgan fingerprint density at radius 3 is 2.85 bits per heavy atom. The number of aromatic nitrogens is 4. The summed E-state index contributed by atoms with van der Waals surface area (Å²) < 4.78 is 0. The normalized spacial score (nSPS) is 12.5. The van der Waals surface area contributed by atoms with Crippen LogP contribution in [-0.4, -0.2) is 26.7 Å². The topological polar surface area (TPSA) is 66.5 Å². The van der Waals surface area contributed by atoms with Gasteiger partial charge in [-0.3, -0.25) is 5.10 Å². The van der Waals surface area contributed by atoms with Crippen LogP contribution >= 0.6 is 11.6 Å². The average Bonchev–Trinajstić information content (AvgIpc) is 2.93. The van der Waals surface area contributed by atoms with Crippen molar-refractivity contribution >= 4 is 28.5 Å². The number of halogens is 1. The lowest BCUT2D eigenvalue weighted by molar-refractivity contribution is 0.802. The van der Waals surface area contributed by atoms with E-state index in [0.29, 0.717) is 17.4 Å². The predicted octanol–water partition coefficient (Wildman–Crippen LogP) is 3.22. The Morgan fingerprint density at radius 1 is 1.25 bits per heavy atom. The summed E-state index contributed by atoms with van der Waals surface area (Å²) >= 11 is 5.90. The molecule has 1 aromatic carbocycles. The van der Waals surface area contributed by atoms with Crippen molar-refractivity contribution in [3.63, 3.8) is 0 Å². The Kier molecular flexibility index (Phi) is 3.52. The molecule has 3 rings (SSSR count). The number of anilines is 1. The molecule has 2 heterocycles. The van der Waals surface area contributed by atoms with Gasteiger partial charge in [0, 0.05) is 6.54 Å². The highest BCUT2D eigenvalue weighted by Gasteiger charge is 2.10. The molecule has 1 unspecified atom stereocenters. The fraction of sp³-hybridized carbons (Fsp3) is 0.214. The molecule has 3 aromatic rings. The summed E-state index contributed by atoms with van der Waals surface area (Å²) in [4.78, 5) is 8.30. The van der Waals surface area contributed by atoms with Gasteiger partial charge < -0.3 is 5.32 Å². The largest absolute Gasteiger partial charge is 0.369 e. The monoisotopic (exact) mass is 287 g/mol. The van der Waals surface area contributed by atoms with Gasteiger partial charge in [-0.1, -0.05) is 37.3 Å². The van der Waals surface area contributed by atoms with Crippen molar-refractivity contribution < 1.29 is 0 Å². The summed E-state index contributed by atoms with van der Waals surface area (Å²) in [5, 5.41) is 11.1. The van der Waals surface area contributed by atoms with Gasteiger partial charge in [0.15, 0.2) is 5.65 Å². The van der Waals surface area contributed by atoms with Gasteiger partial charge in [-0.15, -0.1) is 0 Å². The van der Waals surface area contributed by atoms with Crippen molar-refractivity contribution in [3.05, 3.63) is 47.4 Å². The number of benzene rings is 1. The second-order valence-electron chi connectivity index (χ2n) is 4.67. The fourth-order valence-corrected chi connectivity index (χ4v) is 2.26. The van der Waals surface area contributed by atoms with E-state index < -0.39 is 0 Å². The van der Waals surface area contributed by atoms with Crippen LogP contribution in [0.1, 0.15) is 18.4 Å². The van der Waals surface area contributed by atoms with E-state index in [2.05, 4.69) is 44.5 Å². The van der Waals surface area contributed by atoms with Crippen LogP contribution in [-0.2, 0) is 0 Å². The number of H-pyrrole nitrogens is 1. The summed E-state index contributed by atoms with van der Waals surface area (Å²) in [6.45, 7) is 2.93. The van der Waals surface area contributed by atoms with Crippen LogP contribution in [0.3, 0.4) is 0 Å². The minimum absolute atomic E-state index is 0.205. The van der Waals surface area contributed by atoms with Crippen molar-refractivity contribution in [1.29, 1.82) is 0 Å². The predicted molar refractivity (Wildman–Crippen MR) is 80.0 cm³/mol. The standard InChI is InChI=1S/C14H14ClN5/c1-9(10-5-3-2-4-6-10)7-16-12-11-8-17-20-13(11)19-14(15)18-12/h2-6,8-9H,7H2,1H3,(H2,16,17,18,19,20). The van der Waals surface area contributed by atoms with Crippen LogP contribution in [0.25, 0.3) is 11.0 Å². The highest BCUT2D eigenvalue weighted by atomic mass is 35.5. The number of rotatable bonds is 4. The first kappa shape index (κ1) is 12.9. The van der Waals surface area contributed by atoms with Crippen LogP contribution in [0, 0.1) is 0 Å². The Balaban J connectivity index is 1.78. The van der Waals surface area contributed by atoms with E-state index >= 15 is 0 Å². The summed E-state index contributed by atoms with van der Waals surface area (Å²) in [6, 6.07) is 10.3. The van der Waals surface area contributed by atoms with Gasteiger partial charge in [0.25, 0.3) is 0 Å². The average molecular weight is 288 g/mol. The second-order valence-corrected chi connectivity index (χ2v) is 5.00. The number of nitrogens with zero attached hydrogens (tertiary/aromatic N) is 3. The first-order valence-corrected chi connectivity index (χ1v) is 6.77. The van der Waals surface area contributed by atoms with Crippen LogP contribution < -0.4 is 5.32 Å². The van der Waals surface area contributed by atoms with Crippen LogP contribution in [0.2, 0.25) is 5.28 Å². The Labute approximate surface area is 121 Å². The molecule has 2 aromatic heterocycles. The molecule has 0 aliphatic heterocycles. The molecule has 6 heteroatoms. The number of hydrogen-bond donors (Lipinski definition) is 2. The molecule has 0 saturated carbocycles. The molecular formula is C14H14ClN5. The van der Waals surface area contributed by atoms with E-state index in [1.165, 1.54) is 5.56 Å². The Bertz CT molecular complexity index is 710. The number of aromatic amines is 1. The third-order valence-electron chi connectivity index (χ3n) is 3.23. The molecule has 0 spiro atoms. The van der Waals surface area contributed by atoms with E-state index in [1.54, 1.807) is 6.20 Å². The van der Waals surface area contributed by atoms with Gasteiger partial charge in [-0.25, -0.2) is 0 Å². The SMILES string of the molecule is CC(CNc1nc(Cl)nc2[nH]ncc12)c1ccccc1. The van der Waals surface area contributed by atoms with Gasteiger partial charge in [-0.2, -0.15) is 15.1 Å². The van der Waals surface area contributed by atoms with E-state index in [-0.39, 0.29) is 5.28 Å². The summed E-state index contributed by atoms with van der Waals surface area (Å²) in [5.41, 5.74) is 1.92. The van der Waals surface area contributed by atoms with E-state index in [4.69, 9.17) is 11.6 Å². The van der Waals surface area contributed by atoms with Crippen molar-refractivity contribution in [2.45, 2.75) is 12.8 Å². The van der Waals surface area contributed by atoms with E-state index in [1.807, 2.05) is 18.2 Å². The van der Waals surface area contributed by atoms with Gasteiger partial charge in [0.2, 0.25) is 5.28 Å². The van der Waals surface area contributed by atoms with Crippen molar-refractivity contribution in [2.75, 3.05) is 11.9 Å². The number of nitrogens with one attached hydrogen (secondary N) is 2. The van der Waals surface area contributed by atoms with E-state index in [9.17, 15) is 0 Å². The molecule has 1 atom stereocenters. The third kappa shape index (κ3) is 2.58. The molecule has 0 radical (unpaired) electrons. The highest BCUT2D eigenvalue weighted by molar-refractivity contribution is 6.28. The van der Waals surface area contributed by atoms with Crippen LogP contribution in [0.5, 0.6) is 0 Å². The molecule has 0 amide bonds. The quantitative estimate of drug-likeness (QED) is 0.723. The molecule has 0 bridgehead atoms. The minimum atomic E-state index is 0.205. The maximum atomic E-state index is 5.90. The Hall–Kier alpha value is -2.14. The maximum Gasteiger partial charge on any atom is 0.226 e. The zero-order valence-electron chi connectivity index (χ0n) is 11.0. The Morgan fingerprint density at radius 2 is 2.05 bits per heavy atom. The first-order valence-electron chi connectivity index (χ1n) is 6.39. The minimum Gasteiger partial charge on any atom is -0.369 e. The summed E-state index contributed by atoms with van der Waals surface area (Å²) in [6.07, 6.45) is 1.70. The lowest BCUT2D eigenvalue weighted by Gasteiger charge is -2.13. The van der Waals surface area contributed by atoms with Gasteiger partial charge in [0.05, 0.1) is 11.6 Å². The molecule has 2 N–H and O–H groups in total. The molecule has 0 fully saturated rings. The molecule has 102 valence electrons. The van der Waals surface area contributed by atoms with Crippen molar-refractivity contribution in [2.24, 2.45) is 0 Å². The van der Waals surface area contributed by atoms with Crippen molar-refractivity contribution in [3.8, 4) is 0 Å². The van der Waals surface area contributed by atoms with Gasteiger partial charge >= 0.3 is 0 Å². The molecule has 0 saturated heterocycles. The zero-order chi connectivity index (χ0) is 13.9. The summed E-state index contributed by atoms with van der Waals surface area (Å²) in [5.74, 6) is 1.07. The second kappa shape index (κ2) is 5.46. The highest BCUT2D eigenvalue weighted by Crippen LogP contribution is 2.21. The number of hydrogen-bond acceptors (Lipinski definition) is 4. The molecule has 20 heavy (non-hydrogen) atoms. The first-order chi connectivity index (χ1) is 9.74. The molecular weight excluding hydrogens is 274 g/mol. The number of fused-ring (bicyclic) bond motifs is 1. The van der Waals surface area contributed by atoms with Gasteiger partial charge in [-0.05, 0) is 23.1 Å². The molecule has 0 aliphatic carbocycles. The smallest absolute Gasteiger partial charge is 0.226 e. The zero-order valence-corrected chi connectivity index (χ0v) is 11.7. The molecule has 0 aliphatic rings. The van der Waals surface area contributed by atoms with E-state index in [0.717, 1.165) is 11.9 Å². The van der Waals surface area contributed by atoms with Crippen molar-refractivity contribution in [1.82, 2.24) is 20.2 Å². The fourth-order valence-electron chi connectivity index (χ4n) is 2.09. The summed E-state index contributed by atoms with van der Waals surface area (Å²) in [7, 11) is 0. The third-order valence-corrected chi connectivity index (χ3v) is 3.40. The lowest BCUT2D eigenvalue weighted by Crippen LogP contribution is -2.11. The van der Waals surface area contributed by atoms with Crippen LogP contribution in [0.15, 0.2) is 36.5 Å². The maximum absolute atomic E-state index is 5.90. The van der Waals surface area contributed by atoms with Gasteiger partial charge in [0.1, 0.15) is 5.82 Å².